The first kappa shape index (κ1) is 12.4. The smallest absolute Gasteiger partial charge is 0.146 e. The van der Waals surface area contributed by atoms with Gasteiger partial charge >= 0.3 is 0 Å². The van der Waals surface area contributed by atoms with Crippen molar-refractivity contribution in [2.45, 2.75) is 31.7 Å². The molecular formula is C14H21FN2. The second kappa shape index (κ2) is 5.50. The van der Waals surface area contributed by atoms with Crippen molar-refractivity contribution in [3.8, 4) is 0 Å². The molecule has 1 aliphatic heterocycles. The minimum atomic E-state index is -0.122. The van der Waals surface area contributed by atoms with Crippen molar-refractivity contribution in [3.05, 3.63) is 29.6 Å². The Hall–Kier alpha value is -1.09. The summed E-state index contributed by atoms with van der Waals surface area (Å²) in [4.78, 5) is 1.80. The molecule has 1 aliphatic rings. The van der Waals surface area contributed by atoms with Crippen LogP contribution in [0.25, 0.3) is 0 Å². The maximum Gasteiger partial charge on any atom is 0.146 e. The second-order valence-corrected chi connectivity index (χ2v) is 5.03. The molecular weight excluding hydrogens is 215 g/mol. The second-order valence-electron chi connectivity index (χ2n) is 5.03. The molecule has 94 valence electrons. The number of anilines is 1. The monoisotopic (exact) mass is 236 g/mol. The average molecular weight is 236 g/mol. The van der Waals surface area contributed by atoms with Crippen LogP contribution in [0.1, 0.15) is 24.8 Å². The first-order chi connectivity index (χ1) is 8.16. The minimum Gasteiger partial charge on any atom is -0.375 e. The number of nitrogens with one attached hydrogen (secondary N) is 1. The van der Waals surface area contributed by atoms with Gasteiger partial charge in [-0.15, -0.1) is 0 Å². The van der Waals surface area contributed by atoms with Gasteiger partial charge in [-0.1, -0.05) is 12.5 Å². The fourth-order valence-electron chi connectivity index (χ4n) is 2.42. The number of hydrogen-bond acceptors (Lipinski definition) is 2. The number of nitrogens with zero attached hydrogens (tertiary/aromatic N) is 1. The van der Waals surface area contributed by atoms with Crippen molar-refractivity contribution in [2.24, 2.45) is 0 Å². The van der Waals surface area contributed by atoms with Gasteiger partial charge in [-0.05, 0) is 43.5 Å². The highest BCUT2D eigenvalue weighted by Crippen LogP contribution is 2.20. The number of halogens is 1. The normalized spacial score (nSPS) is 20.3. The lowest BCUT2D eigenvalue weighted by Crippen LogP contribution is -2.35. The summed E-state index contributed by atoms with van der Waals surface area (Å²) in [5.41, 5.74) is 1.75. The summed E-state index contributed by atoms with van der Waals surface area (Å²) < 4.78 is 13.8. The van der Waals surface area contributed by atoms with Gasteiger partial charge in [-0.3, -0.25) is 0 Å². The Morgan fingerprint density at radius 3 is 2.76 bits per heavy atom. The first-order valence-corrected chi connectivity index (χ1v) is 6.36. The highest BCUT2D eigenvalue weighted by molar-refractivity contribution is 5.47. The van der Waals surface area contributed by atoms with Crippen LogP contribution in [0.3, 0.4) is 0 Å². The molecule has 0 aromatic heterocycles. The standard InChI is InChI=1S/C14H21FN2/c1-17(2)14-7-6-11(10-13(14)15)9-12-5-3-4-8-16-12/h6-7,10,12,16H,3-5,8-9H2,1-2H3. The average Bonchev–Trinajstić information content (AvgIpc) is 2.30. The van der Waals surface area contributed by atoms with E-state index in [1.807, 2.05) is 26.2 Å². The summed E-state index contributed by atoms with van der Waals surface area (Å²) in [6.45, 7) is 1.10. The number of benzene rings is 1. The van der Waals surface area contributed by atoms with Crippen molar-refractivity contribution in [2.75, 3.05) is 25.5 Å². The van der Waals surface area contributed by atoms with E-state index < -0.39 is 0 Å². The molecule has 0 saturated carbocycles. The fourth-order valence-corrected chi connectivity index (χ4v) is 2.42. The van der Waals surface area contributed by atoms with Crippen molar-refractivity contribution in [1.29, 1.82) is 0 Å². The zero-order chi connectivity index (χ0) is 12.3. The molecule has 1 atom stereocenters. The molecule has 1 aromatic rings. The zero-order valence-corrected chi connectivity index (χ0v) is 10.7. The zero-order valence-electron chi connectivity index (χ0n) is 10.7. The van der Waals surface area contributed by atoms with E-state index in [4.69, 9.17) is 0 Å². The molecule has 3 heteroatoms. The molecule has 0 aliphatic carbocycles. The molecule has 1 fully saturated rings. The van der Waals surface area contributed by atoms with Crippen molar-refractivity contribution >= 4 is 5.69 Å². The van der Waals surface area contributed by atoms with Crippen LogP contribution in [0.4, 0.5) is 10.1 Å². The van der Waals surface area contributed by atoms with Crippen LogP contribution in [-0.4, -0.2) is 26.7 Å². The lowest BCUT2D eigenvalue weighted by molar-refractivity contribution is 0.399. The Kier molecular flexibility index (Phi) is 4.00. The molecule has 2 nitrogen and oxygen atoms in total. The molecule has 0 spiro atoms. The van der Waals surface area contributed by atoms with Crippen LogP contribution < -0.4 is 10.2 Å². The predicted octanol–water partition coefficient (Wildman–Crippen LogP) is 2.58. The van der Waals surface area contributed by atoms with E-state index in [2.05, 4.69) is 5.32 Å². The lowest BCUT2D eigenvalue weighted by Gasteiger charge is -2.23. The third-order valence-corrected chi connectivity index (χ3v) is 3.39. The van der Waals surface area contributed by atoms with Gasteiger partial charge in [0.2, 0.25) is 0 Å². The molecule has 0 amide bonds. The number of piperidine rings is 1. The molecule has 1 N–H and O–H groups in total. The van der Waals surface area contributed by atoms with Gasteiger partial charge in [0.25, 0.3) is 0 Å². The molecule has 0 radical (unpaired) electrons. The lowest BCUT2D eigenvalue weighted by atomic mass is 9.97. The number of hydrogen-bond donors (Lipinski definition) is 1. The molecule has 2 rings (SSSR count). The molecule has 0 bridgehead atoms. The summed E-state index contributed by atoms with van der Waals surface area (Å²) in [7, 11) is 3.72. The van der Waals surface area contributed by atoms with Gasteiger partial charge < -0.3 is 10.2 Å². The van der Waals surface area contributed by atoms with E-state index >= 15 is 0 Å². The SMILES string of the molecule is CN(C)c1ccc(CC2CCCCN2)cc1F. The van der Waals surface area contributed by atoms with Crippen LogP contribution in [0.5, 0.6) is 0 Å². The van der Waals surface area contributed by atoms with Gasteiger partial charge in [-0.25, -0.2) is 4.39 Å². The van der Waals surface area contributed by atoms with Crippen LogP contribution >= 0.6 is 0 Å². The Morgan fingerprint density at radius 2 is 2.18 bits per heavy atom. The Morgan fingerprint density at radius 1 is 1.35 bits per heavy atom. The Labute approximate surface area is 103 Å². The van der Waals surface area contributed by atoms with Gasteiger partial charge in [0, 0.05) is 20.1 Å². The third-order valence-electron chi connectivity index (χ3n) is 3.39. The molecule has 17 heavy (non-hydrogen) atoms. The minimum absolute atomic E-state index is 0.122. The van der Waals surface area contributed by atoms with Crippen LogP contribution in [0.2, 0.25) is 0 Å². The van der Waals surface area contributed by atoms with Crippen molar-refractivity contribution in [3.63, 3.8) is 0 Å². The number of rotatable bonds is 3. The molecule has 1 saturated heterocycles. The molecule has 1 heterocycles. The summed E-state index contributed by atoms with van der Waals surface area (Å²) >= 11 is 0. The van der Waals surface area contributed by atoms with Gasteiger partial charge in [0.15, 0.2) is 0 Å². The fraction of sp³-hybridized carbons (Fsp3) is 0.571. The summed E-state index contributed by atoms with van der Waals surface area (Å²) in [5.74, 6) is -0.122. The topological polar surface area (TPSA) is 15.3 Å². The summed E-state index contributed by atoms with van der Waals surface area (Å²) in [6.07, 6.45) is 4.70. The first-order valence-electron chi connectivity index (χ1n) is 6.36. The van der Waals surface area contributed by atoms with E-state index in [-0.39, 0.29) is 5.82 Å². The van der Waals surface area contributed by atoms with Gasteiger partial charge in [0.05, 0.1) is 5.69 Å². The third kappa shape index (κ3) is 3.19. The van der Waals surface area contributed by atoms with Gasteiger partial charge in [-0.2, -0.15) is 0 Å². The largest absolute Gasteiger partial charge is 0.375 e. The van der Waals surface area contributed by atoms with E-state index in [0.29, 0.717) is 11.7 Å². The van der Waals surface area contributed by atoms with Crippen LogP contribution in [0.15, 0.2) is 18.2 Å². The van der Waals surface area contributed by atoms with E-state index in [9.17, 15) is 4.39 Å². The van der Waals surface area contributed by atoms with Gasteiger partial charge in [0.1, 0.15) is 5.82 Å². The van der Waals surface area contributed by atoms with E-state index in [1.165, 1.54) is 19.3 Å². The van der Waals surface area contributed by atoms with Crippen molar-refractivity contribution in [1.82, 2.24) is 5.32 Å². The van der Waals surface area contributed by atoms with Crippen molar-refractivity contribution < 1.29 is 4.39 Å². The maximum absolute atomic E-state index is 13.8. The Bertz CT molecular complexity index is 370. The quantitative estimate of drug-likeness (QED) is 0.867. The maximum atomic E-state index is 13.8. The highest BCUT2D eigenvalue weighted by Gasteiger charge is 2.14. The Balaban J connectivity index is 2.04. The van der Waals surface area contributed by atoms with Crippen LogP contribution in [0, 0.1) is 5.82 Å². The summed E-state index contributed by atoms with van der Waals surface area (Å²) in [6, 6.07) is 6.10. The predicted molar refractivity (Wildman–Crippen MR) is 70.1 cm³/mol. The van der Waals surface area contributed by atoms with E-state index in [0.717, 1.165) is 18.5 Å². The summed E-state index contributed by atoms with van der Waals surface area (Å²) in [5, 5.41) is 3.49. The van der Waals surface area contributed by atoms with E-state index in [1.54, 1.807) is 11.0 Å². The highest BCUT2D eigenvalue weighted by atomic mass is 19.1. The van der Waals surface area contributed by atoms with Crippen LogP contribution in [-0.2, 0) is 6.42 Å². The molecule has 1 aromatic carbocycles. The molecule has 1 unspecified atom stereocenters.